The predicted molar refractivity (Wildman–Crippen MR) is 62.0 cm³/mol. The van der Waals surface area contributed by atoms with Crippen LogP contribution in [-0.4, -0.2) is 25.0 Å². The van der Waals surface area contributed by atoms with Gasteiger partial charge in [-0.1, -0.05) is 13.8 Å². The molecule has 0 aromatic heterocycles. The number of rotatable bonds is 1. The van der Waals surface area contributed by atoms with Crippen molar-refractivity contribution in [3.8, 4) is 0 Å². The monoisotopic (exact) mass is 210 g/mol. The summed E-state index contributed by atoms with van der Waals surface area (Å²) in [4.78, 5) is 0. The van der Waals surface area contributed by atoms with Gasteiger partial charge in [-0.05, 0) is 37.5 Å². The molecule has 0 bridgehead atoms. The Bertz CT molecular complexity index is 261. The van der Waals surface area contributed by atoms with Gasteiger partial charge in [0.2, 0.25) is 0 Å². The molecule has 86 valence electrons. The smallest absolute Gasteiger partial charge is 0.0696 e. The van der Waals surface area contributed by atoms with E-state index in [0.29, 0.717) is 5.41 Å². The van der Waals surface area contributed by atoms with Crippen molar-refractivity contribution in [2.45, 2.75) is 51.6 Å². The van der Waals surface area contributed by atoms with Crippen LogP contribution in [0.25, 0.3) is 0 Å². The van der Waals surface area contributed by atoms with Gasteiger partial charge < -0.3 is 10.2 Å². The molecule has 0 unspecified atom stereocenters. The summed E-state index contributed by atoms with van der Waals surface area (Å²) in [7, 11) is 1.87. The summed E-state index contributed by atoms with van der Waals surface area (Å²) in [5.74, 6) is 0. The quantitative estimate of drug-likeness (QED) is 0.674. The normalized spacial score (nSPS) is 34.5. The fourth-order valence-corrected chi connectivity index (χ4v) is 2.91. The molecule has 3 nitrogen and oxygen atoms in total. The second-order valence-electron chi connectivity index (χ2n) is 5.71. The van der Waals surface area contributed by atoms with E-state index in [0.717, 1.165) is 32.3 Å². The topological polar surface area (TPSA) is 33.6 Å². The van der Waals surface area contributed by atoms with Crippen LogP contribution >= 0.6 is 0 Å². The summed E-state index contributed by atoms with van der Waals surface area (Å²) in [6, 6.07) is 0. The molecular formula is C12H22N2O. The van der Waals surface area contributed by atoms with Gasteiger partial charge in [0.1, 0.15) is 0 Å². The summed E-state index contributed by atoms with van der Waals surface area (Å²) in [6.45, 7) is 5.53. The third kappa shape index (κ3) is 2.33. The van der Waals surface area contributed by atoms with E-state index in [9.17, 15) is 0 Å². The zero-order valence-corrected chi connectivity index (χ0v) is 10.1. The molecule has 15 heavy (non-hydrogen) atoms. The van der Waals surface area contributed by atoms with E-state index in [1.807, 2.05) is 7.05 Å². The highest BCUT2D eigenvalue weighted by molar-refractivity contribution is 5.85. The number of nitrogens with zero attached hydrogens (tertiary/aromatic N) is 1. The Morgan fingerprint density at radius 2 is 1.93 bits per heavy atom. The van der Waals surface area contributed by atoms with Gasteiger partial charge in [-0.15, -0.1) is 0 Å². The molecule has 0 radical (unpaired) electrons. The largest absolute Gasteiger partial charge is 0.374 e. The first-order valence-corrected chi connectivity index (χ1v) is 5.91. The highest BCUT2D eigenvalue weighted by atomic mass is 16.5. The van der Waals surface area contributed by atoms with Gasteiger partial charge in [-0.25, -0.2) is 0 Å². The van der Waals surface area contributed by atoms with Gasteiger partial charge in [0.25, 0.3) is 0 Å². The molecule has 0 amide bonds. The van der Waals surface area contributed by atoms with Crippen molar-refractivity contribution in [2.24, 2.45) is 10.5 Å². The SMILES string of the molecule is CNN=C1CCC2(CC1)CC(C)(C)CO2. The molecule has 1 N–H and O–H groups in total. The second-order valence-corrected chi connectivity index (χ2v) is 5.71. The average molecular weight is 210 g/mol. The van der Waals surface area contributed by atoms with Crippen molar-refractivity contribution in [3.63, 3.8) is 0 Å². The van der Waals surface area contributed by atoms with E-state index in [-0.39, 0.29) is 5.60 Å². The van der Waals surface area contributed by atoms with Crippen LogP contribution in [0.1, 0.15) is 46.0 Å². The molecule has 2 aliphatic rings. The summed E-state index contributed by atoms with van der Waals surface area (Å²) in [5.41, 5.74) is 4.73. The van der Waals surface area contributed by atoms with E-state index in [1.54, 1.807) is 0 Å². The Morgan fingerprint density at radius 1 is 1.27 bits per heavy atom. The van der Waals surface area contributed by atoms with Gasteiger partial charge in [0.15, 0.2) is 0 Å². The molecule has 2 fully saturated rings. The summed E-state index contributed by atoms with van der Waals surface area (Å²) in [5, 5.41) is 4.29. The number of hydrogen-bond donors (Lipinski definition) is 1. The Balaban J connectivity index is 1.96. The van der Waals surface area contributed by atoms with Crippen LogP contribution in [0.2, 0.25) is 0 Å². The van der Waals surface area contributed by atoms with Gasteiger partial charge in [0, 0.05) is 12.8 Å². The van der Waals surface area contributed by atoms with Crippen molar-refractivity contribution >= 4 is 5.71 Å². The van der Waals surface area contributed by atoms with E-state index < -0.39 is 0 Å². The highest BCUT2D eigenvalue weighted by Gasteiger charge is 2.45. The van der Waals surface area contributed by atoms with Crippen LogP contribution in [0, 0.1) is 5.41 Å². The average Bonchev–Trinajstić information content (AvgIpc) is 2.47. The minimum Gasteiger partial charge on any atom is -0.374 e. The number of nitrogens with one attached hydrogen (secondary N) is 1. The zero-order valence-electron chi connectivity index (χ0n) is 10.1. The lowest BCUT2D eigenvalue weighted by Crippen LogP contribution is -2.34. The summed E-state index contributed by atoms with van der Waals surface area (Å²) < 4.78 is 6.05. The lowest BCUT2D eigenvalue weighted by atomic mass is 9.76. The summed E-state index contributed by atoms with van der Waals surface area (Å²) >= 11 is 0. The van der Waals surface area contributed by atoms with Crippen LogP contribution in [0.3, 0.4) is 0 Å². The maximum Gasteiger partial charge on any atom is 0.0696 e. The Morgan fingerprint density at radius 3 is 2.40 bits per heavy atom. The third-order valence-electron chi connectivity index (χ3n) is 3.58. The molecule has 0 aromatic carbocycles. The lowest BCUT2D eigenvalue weighted by molar-refractivity contribution is -0.0130. The zero-order chi connectivity index (χ0) is 10.9. The van der Waals surface area contributed by atoms with Crippen LogP contribution in [-0.2, 0) is 4.74 Å². The molecule has 3 heteroatoms. The maximum atomic E-state index is 6.05. The molecule has 0 atom stereocenters. The number of ether oxygens (including phenoxy) is 1. The van der Waals surface area contributed by atoms with Gasteiger partial charge in [-0.3, -0.25) is 0 Å². The fourth-order valence-electron chi connectivity index (χ4n) is 2.91. The highest BCUT2D eigenvalue weighted by Crippen LogP contribution is 2.46. The lowest BCUT2D eigenvalue weighted by Gasteiger charge is -2.33. The molecule has 0 aromatic rings. The minimum atomic E-state index is 0.177. The van der Waals surface area contributed by atoms with E-state index >= 15 is 0 Å². The van der Waals surface area contributed by atoms with E-state index in [4.69, 9.17) is 4.74 Å². The van der Waals surface area contributed by atoms with Gasteiger partial charge in [0.05, 0.1) is 12.2 Å². The molecule has 1 heterocycles. The molecular weight excluding hydrogens is 188 g/mol. The maximum absolute atomic E-state index is 6.05. The van der Waals surface area contributed by atoms with Crippen LogP contribution in [0.4, 0.5) is 0 Å². The Kier molecular flexibility index (Phi) is 2.75. The molecule has 1 aliphatic heterocycles. The minimum absolute atomic E-state index is 0.177. The van der Waals surface area contributed by atoms with E-state index in [1.165, 1.54) is 12.1 Å². The first-order valence-electron chi connectivity index (χ1n) is 5.91. The molecule has 1 saturated carbocycles. The Labute approximate surface area is 92.3 Å². The van der Waals surface area contributed by atoms with E-state index in [2.05, 4.69) is 24.4 Å². The third-order valence-corrected chi connectivity index (χ3v) is 3.58. The first kappa shape index (κ1) is 10.9. The predicted octanol–water partition coefficient (Wildman–Crippen LogP) is 2.32. The first-order chi connectivity index (χ1) is 7.05. The van der Waals surface area contributed by atoms with Crippen molar-refractivity contribution in [2.75, 3.05) is 13.7 Å². The Hall–Kier alpha value is -0.570. The standard InChI is InChI=1S/C12H22N2O/c1-11(2)8-12(15-9-11)6-4-10(5-7-12)14-13-3/h13H,4-9H2,1-3H3. The van der Waals surface area contributed by atoms with Gasteiger partial charge in [-0.2, -0.15) is 5.10 Å². The van der Waals surface area contributed by atoms with Crippen LogP contribution < -0.4 is 5.43 Å². The molecule has 1 spiro atoms. The van der Waals surface area contributed by atoms with Gasteiger partial charge >= 0.3 is 0 Å². The van der Waals surface area contributed by atoms with Crippen molar-refractivity contribution in [1.29, 1.82) is 0 Å². The molecule has 1 aliphatic carbocycles. The van der Waals surface area contributed by atoms with Crippen molar-refractivity contribution in [1.82, 2.24) is 5.43 Å². The number of hydrazone groups is 1. The fraction of sp³-hybridized carbons (Fsp3) is 0.917. The van der Waals surface area contributed by atoms with Crippen LogP contribution in [0.5, 0.6) is 0 Å². The second kappa shape index (κ2) is 3.78. The molecule has 2 rings (SSSR count). The van der Waals surface area contributed by atoms with Crippen molar-refractivity contribution < 1.29 is 4.74 Å². The summed E-state index contributed by atoms with van der Waals surface area (Å²) in [6.07, 6.45) is 5.70. The van der Waals surface area contributed by atoms with Crippen molar-refractivity contribution in [3.05, 3.63) is 0 Å². The van der Waals surface area contributed by atoms with Crippen LogP contribution in [0.15, 0.2) is 5.10 Å². The number of hydrogen-bond acceptors (Lipinski definition) is 3. The molecule has 1 saturated heterocycles.